The van der Waals surface area contributed by atoms with Gasteiger partial charge in [0.05, 0.1) is 16.3 Å². The predicted octanol–water partition coefficient (Wildman–Crippen LogP) is 4.53. The molecule has 1 unspecified atom stereocenters. The molecule has 2 amide bonds. The van der Waals surface area contributed by atoms with Gasteiger partial charge < -0.3 is 11.1 Å². The van der Waals surface area contributed by atoms with Crippen LogP contribution in [0.3, 0.4) is 0 Å². The first-order valence-corrected chi connectivity index (χ1v) is 12.4. The number of hydrogen-bond acceptors (Lipinski definition) is 8. The van der Waals surface area contributed by atoms with Crippen molar-refractivity contribution in [2.45, 2.75) is 53.4 Å². The minimum Gasteiger partial charge on any atom is -0.365 e. The lowest BCUT2D eigenvalue weighted by atomic mass is 10.0. The Morgan fingerprint density at radius 2 is 1.87 bits per heavy atom. The Morgan fingerprint density at radius 3 is 2.38 bits per heavy atom. The van der Waals surface area contributed by atoms with E-state index in [1.54, 1.807) is 17.8 Å². The lowest BCUT2D eigenvalue weighted by molar-refractivity contribution is -0.386. The fourth-order valence-electron chi connectivity index (χ4n) is 4.33. The third-order valence-electron chi connectivity index (χ3n) is 6.20. The van der Waals surface area contributed by atoms with E-state index in [-0.39, 0.29) is 43.4 Å². The van der Waals surface area contributed by atoms with Gasteiger partial charge in [0.25, 0.3) is 5.91 Å². The van der Waals surface area contributed by atoms with Crippen molar-refractivity contribution in [1.29, 1.82) is 0 Å². The summed E-state index contributed by atoms with van der Waals surface area (Å²) in [5, 5.41) is 22.5. The molecule has 0 aromatic carbocycles. The number of pyridine rings is 1. The fourth-order valence-corrected chi connectivity index (χ4v) is 5.33. The van der Waals surface area contributed by atoms with Crippen molar-refractivity contribution in [2.75, 3.05) is 5.32 Å². The number of rotatable bonds is 7. The number of nitrogens with zero attached hydrogens (tertiary/aromatic N) is 6. The number of nitrogens with two attached hydrogens (primary N) is 1. The molecule has 0 bridgehead atoms. The third kappa shape index (κ3) is 4.82. The smallest absolute Gasteiger partial charge is 0.365 e. The minimum atomic E-state index is -4.80. The first kappa shape index (κ1) is 27.7. The van der Waals surface area contributed by atoms with Gasteiger partial charge in [-0.1, -0.05) is 0 Å². The number of amides is 2. The maximum Gasteiger partial charge on any atom is 0.433 e. The molecule has 0 saturated carbocycles. The van der Waals surface area contributed by atoms with E-state index in [2.05, 4.69) is 20.5 Å². The van der Waals surface area contributed by atoms with Gasteiger partial charge in [-0.05, 0) is 46.2 Å². The van der Waals surface area contributed by atoms with Crippen molar-refractivity contribution >= 4 is 44.7 Å². The van der Waals surface area contributed by atoms with Crippen molar-refractivity contribution < 1.29 is 27.7 Å². The van der Waals surface area contributed by atoms with Gasteiger partial charge in [-0.3, -0.25) is 29.1 Å². The first-order chi connectivity index (χ1) is 18.1. The van der Waals surface area contributed by atoms with Crippen LogP contribution in [-0.2, 0) is 17.5 Å². The summed E-state index contributed by atoms with van der Waals surface area (Å²) in [5.41, 5.74) is 5.06. The fraction of sp³-hybridized carbons (Fsp3) is 0.348. The average molecular weight is 565 g/mol. The van der Waals surface area contributed by atoms with E-state index in [1.165, 1.54) is 20.8 Å². The molecular formula is C23H23F3N8O4S. The van der Waals surface area contributed by atoms with E-state index < -0.39 is 34.6 Å². The Bertz CT molecular complexity index is 1650. The van der Waals surface area contributed by atoms with Gasteiger partial charge in [-0.15, -0.1) is 11.3 Å². The number of aromatic nitrogens is 5. The molecule has 1 atom stereocenters. The second-order valence-electron chi connectivity index (χ2n) is 8.77. The molecule has 3 N–H and O–H groups in total. The average Bonchev–Trinajstić information content (AvgIpc) is 3.50. The van der Waals surface area contributed by atoms with Gasteiger partial charge in [0.1, 0.15) is 32.8 Å². The quantitative estimate of drug-likeness (QED) is 0.246. The summed E-state index contributed by atoms with van der Waals surface area (Å²) in [6, 6.07) is -0.253. The largest absolute Gasteiger partial charge is 0.433 e. The number of nitrogens with one attached hydrogen (secondary N) is 1. The molecule has 39 heavy (non-hydrogen) atoms. The predicted molar refractivity (Wildman–Crippen MR) is 136 cm³/mol. The molecular weight excluding hydrogens is 541 g/mol. The monoisotopic (exact) mass is 564 g/mol. The van der Waals surface area contributed by atoms with Crippen molar-refractivity contribution in [3.63, 3.8) is 0 Å². The van der Waals surface area contributed by atoms with Crippen LogP contribution >= 0.6 is 11.3 Å². The minimum absolute atomic E-state index is 0.0537. The molecule has 4 heterocycles. The summed E-state index contributed by atoms with van der Waals surface area (Å²) < 4.78 is 44.1. The number of primary amides is 1. The molecule has 0 aliphatic heterocycles. The topological polar surface area (TPSA) is 164 Å². The van der Waals surface area contributed by atoms with Crippen LogP contribution in [0, 0.1) is 30.9 Å². The number of thiophene rings is 1. The molecule has 4 aromatic heterocycles. The Labute approximate surface area is 222 Å². The third-order valence-corrected chi connectivity index (χ3v) is 7.30. The molecule has 0 radical (unpaired) electrons. The highest BCUT2D eigenvalue weighted by molar-refractivity contribution is 7.21. The standard InChI is InChI=1S/C23H23F3N8O4S/c1-6-32-8-14(9(2)30-32)13-7-15(23(24,25)26)28-22-16(13)17(19(39-22)20(27)35)29-21(36)12(5)33-11(4)18(34(37)38)10(3)31-33/h7-8,12H,6H2,1-5H3,(H2,27,35)(H,29,36). The van der Waals surface area contributed by atoms with Gasteiger partial charge in [-0.25, -0.2) is 4.98 Å². The number of aryl methyl sites for hydroxylation is 3. The summed E-state index contributed by atoms with van der Waals surface area (Å²) in [6.07, 6.45) is -3.23. The van der Waals surface area contributed by atoms with Crippen LogP contribution in [0.15, 0.2) is 12.3 Å². The van der Waals surface area contributed by atoms with E-state index in [4.69, 9.17) is 5.73 Å². The van der Waals surface area contributed by atoms with Crippen LogP contribution in [0.5, 0.6) is 0 Å². The molecule has 0 spiro atoms. The van der Waals surface area contributed by atoms with Crippen LogP contribution in [0.2, 0.25) is 0 Å². The van der Waals surface area contributed by atoms with Crippen LogP contribution in [0.25, 0.3) is 21.3 Å². The number of nitro groups is 1. The number of alkyl halides is 3. The van der Waals surface area contributed by atoms with E-state index in [9.17, 15) is 32.9 Å². The molecule has 4 aromatic rings. The maximum atomic E-state index is 13.8. The van der Waals surface area contributed by atoms with Crippen LogP contribution in [-0.4, -0.2) is 41.3 Å². The number of hydrogen-bond donors (Lipinski definition) is 2. The van der Waals surface area contributed by atoms with E-state index in [0.29, 0.717) is 29.1 Å². The number of fused-ring (bicyclic) bond motifs is 1. The van der Waals surface area contributed by atoms with Gasteiger partial charge >= 0.3 is 11.9 Å². The summed E-state index contributed by atoms with van der Waals surface area (Å²) >= 11 is 0.613. The zero-order chi connectivity index (χ0) is 29.0. The highest BCUT2D eigenvalue weighted by atomic mass is 32.1. The van der Waals surface area contributed by atoms with Crippen molar-refractivity contribution in [3.8, 4) is 11.1 Å². The summed E-state index contributed by atoms with van der Waals surface area (Å²) in [7, 11) is 0. The number of halogens is 3. The van der Waals surface area contributed by atoms with Gasteiger partial charge in [-0.2, -0.15) is 23.4 Å². The highest BCUT2D eigenvalue weighted by Gasteiger charge is 2.36. The van der Waals surface area contributed by atoms with Gasteiger partial charge in [0.2, 0.25) is 5.91 Å². The maximum absolute atomic E-state index is 13.8. The Balaban J connectivity index is 1.92. The molecule has 16 heteroatoms. The molecule has 206 valence electrons. The lowest BCUT2D eigenvalue weighted by Gasteiger charge is -2.15. The van der Waals surface area contributed by atoms with Gasteiger partial charge in [0, 0.05) is 23.7 Å². The summed E-state index contributed by atoms with van der Waals surface area (Å²) in [4.78, 5) is 39.9. The Hall–Kier alpha value is -4.34. The Morgan fingerprint density at radius 1 is 1.21 bits per heavy atom. The second kappa shape index (κ2) is 9.76. The molecule has 0 saturated heterocycles. The zero-order valence-electron chi connectivity index (χ0n) is 21.4. The number of carbonyl (C=O) groups excluding carboxylic acids is 2. The molecule has 0 aliphatic carbocycles. The molecule has 0 fully saturated rings. The first-order valence-electron chi connectivity index (χ1n) is 11.6. The summed E-state index contributed by atoms with van der Waals surface area (Å²) in [5.74, 6) is -1.72. The van der Waals surface area contributed by atoms with E-state index in [1.807, 2.05) is 6.92 Å². The van der Waals surface area contributed by atoms with Crippen LogP contribution < -0.4 is 11.1 Å². The summed E-state index contributed by atoms with van der Waals surface area (Å²) in [6.45, 7) is 8.19. The molecule has 0 aliphatic rings. The highest BCUT2D eigenvalue weighted by Crippen LogP contribution is 2.44. The van der Waals surface area contributed by atoms with Crippen LogP contribution in [0.4, 0.5) is 24.5 Å². The van der Waals surface area contributed by atoms with E-state index in [0.717, 1.165) is 10.7 Å². The lowest BCUT2D eigenvalue weighted by Crippen LogP contribution is -2.26. The second-order valence-corrected chi connectivity index (χ2v) is 9.77. The zero-order valence-corrected chi connectivity index (χ0v) is 22.2. The Kier molecular flexibility index (Phi) is 6.93. The van der Waals surface area contributed by atoms with Crippen LogP contribution in [0.1, 0.15) is 52.3 Å². The normalized spacial score (nSPS) is 12.6. The molecule has 12 nitrogen and oxygen atoms in total. The van der Waals surface area contributed by atoms with Crippen molar-refractivity contribution in [1.82, 2.24) is 24.5 Å². The van der Waals surface area contributed by atoms with Crippen molar-refractivity contribution in [2.24, 2.45) is 5.73 Å². The van der Waals surface area contributed by atoms with Crippen molar-refractivity contribution in [3.05, 3.63) is 50.0 Å². The SMILES string of the molecule is CCn1cc(-c2cc(C(F)(F)F)nc3sc(C(N)=O)c(NC(=O)C(C)n4nc(C)c([N+](=O)[O-])c4C)c23)c(C)n1. The molecule has 4 rings (SSSR count). The van der Waals surface area contributed by atoms with E-state index >= 15 is 0 Å². The number of anilines is 1. The number of carbonyl (C=O) groups is 2. The van der Waals surface area contributed by atoms with Gasteiger partial charge in [0.15, 0.2) is 0 Å².